The Labute approximate surface area is 131 Å². The summed E-state index contributed by atoms with van der Waals surface area (Å²) in [7, 11) is 0. The number of ether oxygens (including phenoxy) is 2. The number of hydrogen-bond acceptors (Lipinski definition) is 4. The lowest BCUT2D eigenvalue weighted by Gasteiger charge is -2.30. The van der Waals surface area contributed by atoms with Crippen LogP contribution in [0.25, 0.3) is 0 Å². The first-order chi connectivity index (χ1) is 10.6. The Morgan fingerprint density at radius 3 is 2.36 bits per heavy atom. The molecule has 0 aliphatic heterocycles. The number of fused-ring (bicyclic) bond motifs is 1. The van der Waals surface area contributed by atoms with Crippen molar-refractivity contribution in [1.82, 2.24) is 0 Å². The van der Waals surface area contributed by atoms with Crippen LogP contribution in [-0.4, -0.2) is 25.2 Å². The van der Waals surface area contributed by atoms with Crippen LogP contribution in [0.4, 0.5) is 0 Å². The quantitative estimate of drug-likeness (QED) is 0.757. The summed E-state index contributed by atoms with van der Waals surface area (Å²) in [6.07, 6.45) is 2.49. The molecule has 0 heterocycles. The summed E-state index contributed by atoms with van der Waals surface area (Å²) < 4.78 is 10.1. The number of benzene rings is 1. The lowest BCUT2D eigenvalue weighted by atomic mass is 9.74. The predicted octanol–water partition coefficient (Wildman–Crippen LogP) is 3.24. The molecule has 0 amide bonds. The van der Waals surface area contributed by atoms with E-state index in [1.165, 1.54) is 11.1 Å². The SMILES string of the molecule is CCOC(=O)CC1Cc2ccccc2C(CC(=O)OCC)C1. The molecule has 2 rings (SSSR count). The predicted molar refractivity (Wildman–Crippen MR) is 83.5 cm³/mol. The third kappa shape index (κ3) is 4.33. The van der Waals surface area contributed by atoms with E-state index < -0.39 is 0 Å². The van der Waals surface area contributed by atoms with E-state index in [1.54, 1.807) is 0 Å². The van der Waals surface area contributed by atoms with E-state index in [9.17, 15) is 9.59 Å². The van der Waals surface area contributed by atoms with Crippen LogP contribution in [0, 0.1) is 5.92 Å². The number of hydrogen-bond donors (Lipinski definition) is 0. The van der Waals surface area contributed by atoms with Crippen molar-refractivity contribution in [2.24, 2.45) is 5.92 Å². The van der Waals surface area contributed by atoms with E-state index in [1.807, 2.05) is 26.0 Å². The van der Waals surface area contributed by atoms with E-state index in [0.717, 1.165) is 12.8 Å². The van der Waals surface area contributed by atoms with Crippen LogP contribution in [-0.2, 0) is 25.5 Å². The highest BCUT2D eigenvalue weighted by molar-refractivity contribution is 5.71. The normalized spacial score (nSPS) is 20.1. The molecule has 4 heteroatoms. The van der Waals surface area contributed by atoms with Gasteiger partial charge in [-0.15, -0.1) is 0 Å². The second-order valence-corrected chi connectivity index (χ2v) is 5.72. The average Bonchev–Trinajstić information content (AvgIpc) is 2.47. The summed E-state index contributed by atoms with van der Waals surface area (Å²) in [5.74, 6) is 0.0395. The van der Waals surface area contributed by atoms with Gasteiger partial charge in [0.25, 0.3) is 0 Å². The van der Waals surface area contributed by atoms with Crippen LogP contribution in [0.15, 0.2) is 24.3 Å². The van der Waals surface area contributed by atoms with Crippen LogP contribution < -0.4 is 0 Å². The molecule has 1 aromatic rings. The molecule has 2 unspecified atom stereocenters. The van der Waals surface area contributed by atoms with Gasteiger partial charge in [-0.25, -0.2) is 0 Å². The van der Waals surface area contributed by atoms with Crippen molar-refractivity contribution in [2.75, 3.05) is 13.2 Å². The maximum Gasteiger partial charge on any atom is 0.306 e. The van der Waals surface area contributed by atoms with Gasteiger partial charge in [0.1, 0.15) is 0 Å². The molecule has 4 nitrogen and oxygen atoms in total. The molecule has 0 radical (unpaired) electrons. The van der Waals surface area contributed by atoms with Crippen molar-refractivity contribution >= 4 is 11.9 Å². The molecule has 0 saturated carbocycles. The Morgan fingerprint density at radius 1 is 1.05 bits per heavy atom. The molecule has 0 bridgehead atoms. The Morgan fingerprint density at radius 2 is 1.68 bits per heavy atom. The molecule has 1 aliphatic rings. The van der Waals surface area contributed by atoms with Gasteiger partial charge in [0.15, 0.2) is 0 Å². The van der Waals surface area contributed by atoms with Crippen molar-refractivity contribution in [3.8, 4) is 0 Å². The van der Waals surface area contributed by atoms with Gasteiger partial charge in [-0.1, -0.05) is 24.3 Å². The Balaban J connectivity index is 2.10. The van der Waals surface area contributed by atoms with Crippen LogP contribution in [0.3, 0.4) is 0 Å². The molecule has 2 atom stereocenters. The fraction of sp³-hybridized carbons (Fsp3) is 0.556. The minimum atomic E-state index is -0.168. The van der Waals surface area contributed by atoms with Gasteiger partial charge in [-0.2, -0.15) is 0 Å². The zero-order valence-corrected chi connectivity index (χ0v) is 13.3. The van der Waals surface area contributed by atoms with Gasteiger partial charge < -0.3 is 9.47 Å². The molecule has 120 valence electrons. The highest BCUT2D eigenvalue weighted by atomic mass is 16.5. The molecular weight excluding hydrogens is 280 g/mol. The van der Waals surface area contributed by atoms with Gasteiger partial charge in [-0.3, -0.25) is 9.59 Å². The fourth-order valence-corrected chi connectivity index (χ4v) is 3.27. The third-order valence-electron chi connectivity index (χ3n) is 4.10. The minimum Gasteiger partial charge on any atom is -0.466 e. The van der Waals surface area contributed by atoms with Gasteiger partial charge in [0, 0.05) is 6.42 Å². The van der Waals surface area contributed by atoms with E-state index >= 15 is 0 Å². The summed E-state index contributed by atoms with van der Waals surface area (Å²) >= 11 is 0. The third-order valence-corrected chi connectivity index (χ3v) is 4.10. The maximum absolute atomic E-state index is 11.8. The standard InChI is InChI=1S/C18H24O4/c1-3-21-17(19)11-13-9-14-7-5-6-8-16(14)15(10-13)12-18(20)22-4-2/h5-8,13,15H,3-4,9-12H2,1-2H3. The molecule has 1 aliphatic carbocycles. The average molecular weight is 304 g/mol. The molecule has 0 saturated heterocycles. The van der Waals surface area contributed by atoms with Gasteiger partial charge in [0.2, 0.25) is 0 Å². The Kier molecular flexibility index (Phi) is 5.99. The van der Waals surface area contributed by atoms with Crippen LogP contribution in [0.2, 0.25) is 0 Å². The smallest absolute Gasteiger partial charge is 0.306 e. The highest BCUT2D eigenvalue weighted by Crippen LogP contribution is 2.38. The summed E-state index contributed by atoms with van der Waals surface area (Å²) in [5.41, 5.74) is 2.45. The fourth-order valence-electron chi connectivity index (χ4n) is 3.27. The van der Waals surface area contributed by atoms with Gasteiger partial charge >= 0.3 is 11.9 Å². The first-order valence-corrected chi connectivity index (χ1v) is 8.03. The number of rotatable bonds is 6. The second-order valence-electron chi connectivity index (χ2n) is 5.72. The van der Waals surface area contributed by atoms with Crippen molar-refractivity contribution in [2.45, 2.75) is 45.4 Å². The lowest BCUT2D eigenvalue weighted by Crippen LogP contribution is -2.24. The zero-order valence-electron chi connectivity index (χ0n) is 13.3. The summed E-state index contributed by atoms with van der Waals surface area (Å²) in [6, 6.07) is 8.18. The minimum absolute atomic E-state index is 0.128. The summed E-state index contributed by atoms with van der Waals surface area (Å²) in [6.45, 7) is 4.45. The molecule has 0 N–H and O–H groups in total. The van der Waals surface area contributed by atoms with Crippen LogP contribution >= 0.6 is 0 Å². The number of carbonyl (C=O) groups excluding carboxylic acids is 2. The largest absolute Gasteiger partial charge is 0.466 e. The van der Waals surface area contributed by atoms with Crippen molar-refractivity contribution < 1.29 is 19.1 Å². The monoisotopic (exact) mass is 304 g/mol. The molecule has 22 heavy (non-hydrogen) atoms. The van der Waals surface area contributed by atoms with E-state index in [-0.39, 0.29) is 23.8 Å². The first-order valence-electron chi connectivity index (χ1n) is 8.03. The lowest BCUT2D eigenvalue weighted by molar-refractivity contribution is -0.144. The zero-order chi connectivity index (χ0) is 15.9. The molecule has 0 fully saturated rings. The van der Waals surface area contributed by atoms with Crippen LogP contribution in [0.1, 0.15) is 50.2 Å². The second kappa shape index (κ2) is 7.97. The summed E-state index contributed by atoms with van der Waals surface area (Å²) in [5, 5.41) is 0. The van der Waals surface area contributed by atoms with Crippen molar-refractivity contribution in [3.05, 3.63) is 35.4 Å². The van der Waals surface area contributed by atoms with Crippen LogP contribution in [0.5, 0.6) is 0 Å². The molecular formula is C18H24O4. The van der Waals surface area contributed by atoms with Crippen molar-refractivity contribution in [3.63, 3.8) is 0 Å². The molecule has 0 aromatic heterocycles. The first kappa shape index (κ1) is 16.5. The number of esters is 2. The number of carbonyl (C=O) groups is 2. The van der Waals surface area contributed by atoms with Gasteiger partial charge in [0.05, 0.1) is 19.6 Å². The van der Waals surface area contributed by atoms with E-state index in [0.29, 0.717) is 26.1 Å². The van der Waals surface area contributed by atoms with Gasteiger partial charge in [-0.05, 0) is 49.7 Å². The topological polar surface area (TPSA) is 52.6 Å². The van der Waals surface area contributed by atoms with Crippen molar-refractivity contribution in [1.29, 1.82) is 0 Å². The maximum atomic E-state index is 11.8. The molecule has 0 spiro atoms. The summed E-state index contributed by atoms with van der Waals surface area (Å²) in [4.78, 5) is 23.6. The Hall–Kier alpha value is -1.84. The Bertz CT molecular complexity index is 524. The van der Waals surface area contributed by atoms with E-state index in [4.69, 9.17) is 9.47 Å². The molecule has 1 aromatic carbocycles. The van der Waals surface area contributed by atoms with E-state index in [2.05, 4.69) is 12.1 Å². The highest BCUT2D eigenvalue weighted by Gasteiger charge is 2.30.